The molecule has 4 rings (SSSR count). The van der Waals surface area contributed by atoms with Gasteiger partial charge in [-0.2, -0.15) is 0 Å². The molecule has 0 spiro atoms. The Morgan fingerprint density at radius 3 is 2.59 bits per heavy atom. The van der Waals surface area contributed by atoms with Gasteiger partial charge >= 0.3 is 0 Å². The number of nitrogens with one attached hydrogen (secondary N) is 1. The number of amides is 2. The lowest BCUT2D eigenvalue weighted by molar-refractivity contribution is -0.121. The second-order valence-corrected chi connectivity index (χ2v) is 7.37. The van der Waals surface area contributed by atoms with Crippen LogP contribution in [0.5, 0.6) is 5.75 Å². The second-order valence-electron chi connectivity index (χ2n) is 6.93. The summed E-state index contributed by atoms with van der Waals surface area (Å²) in [6.07, 6.45) is 0. The molecule has 152 valence electrons. The number of rotatable bonds is 5. The lowest BCUT2D eigenvalue weighted by Crippen LogP contribution is -2.45. The normalized spacial score (nSPS) is 16.9. The highest BCUT2D eigenvalue weighted by atomic mass is 35.5. The smallest absolute Gasteiger partial charge is 0.265 e. The van der Waals surface area contributed by atoms with Crippen molar-refractivity contribution in [3.05, 3.63) is 53.1 Å². The van der Waals surface area contributed by atoms with Crippen LogP contribution in [0.1, 0.15) is 10.4 Å². The number of carbonyl (C=O) groups excluding carboxylic acids is 2. The Morgan fingerprint density at radius 1 is 1.07 bits per heavy atom. The summed E-state index contributed by atoms with van der Waals surface area (Å²) in [6, 6.07) is 12.0. The Balaban J connectivity index is 1.45. The number of fused-ring (bicyclic) bond motifs is 1. The van der Waals surface area contributed by atoms with E-state index in [0.29, 0.717) is 28.6 Å². The molecule has 0 atom stereocenters. The van der Waals surface area contributed by atoms with Crippen LogP contribution in [-0.2, 0) is 9.53 Å². The Bertz CT molecular complexity index is 897. The van der Waals surface area contributed by atoms with Gasteiger partial charge in [0.05, 0.1) is 18.9 Å². The highest BCUT2D eigenvalue weighted by Crippen LogP contribution is 2.34. The molecule has 2 aliphatic rings. The van der Waals surface area contributed by atoms with Crippen molar-refractivity contribution in [1.82, 2.24) is 4.90 Å². The number of ether oxygens (including phenoxy) is 2. The van der Waals surface area contributed by atoms with E-state index in [1.165, 1.54) is 0 Å². The molecule has 0 bridgehead atoms. The lowest BCUT2D eigenvalue weighted by atomic mass is 10.2. The number of morpholine rings is 1. The number of halogens is 1. The molecule has 2 aliphatic heterocycles. The van der Waals surface area contributed by atoms with Crippen LogP contribution in [0, 0.1) is 0 Å². The number of hydrogen-bond donors (Lipinski definition) is 1. The van der Waals surface area contributed by atoms with Gasteiger partial charge in [-0.3, -0.25) is 14.5 Å². The summed E-state index contributed by atoms with van der Waals surface area (Å²) in [6.45, 7) is 4.57. The van der Waals surface area contributed by atoms with Crippen LogP contribution in [0.25, 0.3) is 0 Å². The average Bonchev–Trinajstić information content (AvgIpc) is 2.74. The molecule has 2 amide bonds. The van der Waals surface area contributed by atoms with Crippen molar-refractivity contribution in [3.63, 3.8) is 0 Å². The maximum atomic E-state index is 12.4. The third kappa shape index (κ3) is 4.70. The molecule has 29 heavy (non-hydrogen) atoms. The predicted octanol–water partition coefficient (Wildman–Crippen LogP) is 2.65. The van der Waals surface area contributed by atoms with Crippen LogP contribution in [0.2, 0.25) is 5.02 Å². The number of anilines is 2. The minimum Gasteiger partial charge on any atom is -0.481 e. The SMILES string of the molecule is O=C(Nc1ccc2c(c1)OCC(=O)N2CCN1CCOCC1)c1ccc(Cl)cc1. The van der Waals surface area contributed by atoms with Gasteiger partial charge in [-0.1, -0.05) is 11.6 Å². The van der Waals surface area contributed by atoms with E-state index in [1.807, 2.05) is 6.07 Å². The van der Waals surface area contributed by atoms with Crippen molar-refractivity contribution in [2.24, 2.45) is 0 Å². The van der Waals surface area contributed by atoms with E-state index in [4.69, 9.17) is 21.1 Å². The number of carbonyl (C=O) groups is 2. The fraction of sp³-hybridized carbons (Fsp3) is 0.333. The van der Waals surface area contributed by atoms with E-state index in [1.54, 1.807) is 41.3 Å². The Labute approximate surface area is 174 Å². The zero-order chi connectivity index (χ0) is 20.2. The Hall–Kier alpha value is -2.61. The third-order valence-electron chi connectivity index (χ3n) is 5.01. The molecule has 2 heterocycles. The van der Waals surface area contributed by atoms with Crippen LogP contribution in [0.3, 0.4) is 0 Å². The summed E-state index contributed by atoms with van der Waals surface area (Å²) in [5.41, 5.74) is 1.83. The van der Waals surface area contributed by atoms with Gasteiger partial charge in [0.25, 0.3) is 11.8 Å². The summed E-state index contributed by atoms with van der Waals surface area (Å²) in [7, 11) is 0. The van der Waals surface area contributed by atoms with Crippen molar-refractivity contribution in [3.8, 4) is 5.75 Å². The van der Waals surface area contributed by atoms with Gasteiger partial charge in [0, 0.05) is 48.5 Å². The van der Waals surface area contributed by atoms with Gasteiger partial charge in [0.1, 0.15) is 5.75 Å². The molecule has 2 aromatic rings. The quantitative estimate of drug-likeness (QED) is 0.812. The molecule has 7 nitrogen and oxygen atoms in total. The van der Waals surface area contributed by atoms with Crippen LogP contribution in [0.15, 0.2) is 42.5 Å². The fourth-order valence-electron chi connectivity index (χ4n) is 3.40. The van der Waals surface area contributed by atoms with Gasteiger partial charge < -0.3 is 19.7 Å². The van der Waals surface area contributed by atoms with Gasteiger partial charge in [-0.05, 0) is 36.4 Å². The Morgan fingerprint density at radius 2 is 1.83 bits per heavy atom. The highest BCUT2D eigenvalue weighted by Gasteiger charge is 2.26. The monoisotopic (exact) mass is 415 g/mol. The first-order valence-electron chi connectivity index (χ1n) is 9.54. The fourth-order valence-corrected chi connectivity index (χ4v) is 3.52. The average molecular weight is 416 g/mol. The molecule has 0 saturated carbocycles. The first-order chi connectivity index (χ1) is 14.1. The predicted molar refractivity (Wildman–Crippen MR) is 111 cm³/mol. The van der Waals surface area contributed by atoms with Crippen molar-refractivity contribution in [1.29, 1.82) is 0 Å². The zero-order valence-corrected chi connectivity index (χ0v) is 16.7. The minimum absolute atomic E-state index is 0.00923. The number of nitrogens with zero attached hydrogens (tertiary/aromatic N) is 2. The molecule has 8 heteroatoms. The highest BCUT2D eigenvalue weighted by molar-refractivity contribution is 6.30. The van der Waals surface area contributed by atoms with Crippen LogP contribution < -0.4 is 15.0 Å². The van der Waals surface area contributed by atoms with Crippen molar-refractivity contribution >= 4 is 34.8 Å². The van der Waals surface area contributed by atoms with Crippen LogP contribution in [-0.4, -0.2) is 62.7 Å². The van der Waals surface area contributed by atoms with Gasteiger partial charge in [-0.15, -0.1) is 0 Å². The van der Waals surface area contributed by atoms with Crippen LogP contribution in [0.4, 0.5) is 11.4 Å². The largest absolute Gasteiger partial charge is 0.481 e. The van der Waals surface area contributed by atoms with E-state index in [-0.39, 0.29) is 18.4 Å². The molecule has 1 saturated heterocycles. The molecule has 0 aromatic heterocycles. The zero-order valence-electron chi connectivity index (χ0n) is 15.9. The molecule has 0 unspecified atom stereocenters. The van der Waals surface area contributed by atoms with E-state index in [0.717, 1.165) is 38.5 Å². The molecule has 0 radical (unpaired) electrons. The van der Waals surface area contributed by atoms with E-state index in [2.05, 4.69) is 10.2 Å². The summed E-state index contributed by atoms with van der Waals surface area (Å²) in [5.74, 6) is 0.280. The third-order valence-corrected chi connectivity index (χ3v) is 5.26. The maximum absolute atomic E-state index is 12.4. The van der Waals surface area contributed by atoms with Gasteiger partial charge in [-0.25, -0.2) is 0 Å². The molecule has 0 aliphatic carbocycles. The summed E-state index contributed by atoms with van der Waals surface area (Å²) < 4.78 is 11.0. The topological polar surface area (TPSA) is 71.1 Å². The lowest BCUT2D eigenvalue weighted by Gasteiger charge is -2.33. The van der Waals surface area contributed by atoms with Crippen molar-refractivity contribution in [2.45, 2.75) is 0 Å². The minimum atomic E-state index is -0.238. The van der Waals surface area contributed by atoms with E-state index < -0.39 is 0 Å². The van der Waals surface area contributed by atoms with E-state index >= 15 is 0 Å². The number of benzene rings is 2. The molecule has 1 N–H and O–H groups in total. The van der Waals surface area contributed by atoms with Crippen molar-refractivity contribution < 1.29 is 19.1 Å². The van der Waals surface area contributed by atoms with Gasteiger partial charge in [0.2, 0.25) is 0 Å². The van der Waals surface area contributed by atoms with E-state index in [9.17, 15) is 9.59 Å². The first-order valence-corrected chi connectivity index (χ1v) is 9.92. The standard InChI is InChI=1S/C21H22ClN3O4/c22-16-3-1-15(2-4-16)21(27)23-17-5-6-18-19(13-17)29-14-20(26)25(18)8-7-24-9-11-28-12-10-24/h1-6,13H,7-12,14H2,(H,23,27). The van der Waals surface area contributed by atoms with Crippen LogP contribution >= 0.6 is 11.6 Å². The summed E-state index contributed by atoms with van der Waals surface area (Å²) >= 11 is 5.87. The van der Waals surface area contributed by atoms with Gasteiger partial charge in [0.15, 0.2) is 6.61 Å². The molecule has 2 aromatic carbocycles. The van der Waals surface area contributed by atoms with Crippen molar-refractivity contribution in [2.75, 3.05) is 56.2 Å². The molecular formula is C21H22ClN3O4. The number of hydrogen-bond acceptors (Lipinski definition) is 5. The maximum Gasteiger partial charge on any atom is 0.265 e. The summed E-state index contributed by atoms with van der Waals surface area (Å²) in [4.78, 5) is 28.8. The molecular weight excluding hydrogens is 394 g/mol. The second kappa shape index (κ2) is 8.82. The first kappa shape index (κ1) is 19.7. The Kier molecular flexibility index (Phi) is 5.99. The summed E-state index contributed by atoms with van der Waals surface area (Å²) in [5, 5.41) is 3.42. The molecule has 1 fully saturated rings.